The number of likely N-dealkylation sites (tertiary alicyclic amines) is 1. The SMILES string of the molecule is COCc1ccccc1NC(N)=NCC1(N2CCCC2)CCOCC1.I. The molecule has 2 aliphatic heterocycles. The summed E-state index contributed by atoms with van der Waals surface area (Å²) in [5, 5.41) is 3.24. The first-order valence-electron chi connectivity index (χ1n) is 9.20. The smallest absolute Gasteiger partial charge is 0.193 e. The van der Waals surface area contributed by atoms with Gasteiger partial charge in [0, 0.05) is 37.1 Å². The van der Waals surface area contributed by atoms with Gasteiger partial charge in [-0.2, -0.15) is 0 Å². The first-order chi connectivity index (χ1) is 12.2. The molecule has 0 amide bonds. The Morgan fingerprint density at radius 1 is 1.27 bits per heavy atom. The highest BCUT2D eigenvalue weighted by Gasteiger charge is 2.39. The second-order valence-electron chi connectivity index (χ2n) is 6.95. The van der Waals surface area contributed by atoms with Gasteiger partial charge in [0.05, 0.1) is 13.2 Å². The Kier molecular flexibility index (Phi) is 8.59. The number of methoxy groups -OCH3 is 1. The number of anilines is 1. The molecule has 3 rings (SSSR count). The minimum Gasteiger partial charge on any atom is -0.381 e. The number of nitrogens with two attached hydrogens (primary N) is 1. The highest BCUT2D eigenvalue weighted by atomic mass is 127. The standard InChI is InChI=1S/C19H30N4O2.HI/c1-24-14-16-6-2-3-7-17(16)22-18(20)21-15-19(8-12-25-13-9-19)23-10-4-5-11-23;/h2-3,6-7H,4-5,8-15H2,1H3,(H3,20,21,22);1H. The number of nitrogens with one attached hydrogen (secondary N) is 1. The summed E-state index contributed by atoms with van der Waals surface area (Å²) in [7, 11) is 1.69. The Morgan fingerprint density at radius 2 is 1.96 bits per heavy atom. The molecule has 0 atom stereocenters. The van der Waals surface area contributed by atoms with Crippen LogP contribution in [0.1, 0.15) is 31.2 Å². The number of benzene rings is 1. The number of aliphatic imine (C=N–C) groups is 1. The largest absolute Gasteiger partial charge is 0.381 e. The van der Waals surface area contributed by atoms with E-state index < -0.39 is 0 Å². The van der Waals surface area contributed by atoms with Crippen LogP contribution in [0.15, 0.2) is 29.3 Å². The van der Waals surface area contributed by atoms with Gasteiger partial charge in [-0.3, -0.25) is 9.89 Å². The lowest BCUT2D eigenvalue weighted by molar-refractivity contribution is -0.0138. The lowest BCUT2D eigenvalue weighted by Gasteiger charge is -2.43. The zero-order valence-corrected chi connectivity index (χ0v) is 17.9. The molecule has 26 heavy (non-hydrogen) atoms. The van der Waals surface area contributed by atoms with E-state index >= 15 is 0 Å². The van der Waals surface area contributed by atoms with Gasteiger partial charge in [0.1, 0.15) is 0 Å². The molecule has 7 heteroatoms. The van der Waals surface area contributed by atoms with Crippen molar-refractivity contribution in [3.05, 3.63) is 29.8 Å². The number of halogens is 1. The number of rotatable bonds is 6. The molecule has 2 aliphatic rings. The molecule has 2 heterocycles. The monoisotopic (exact) mass is 474 g/mol. The predicted molar refractivity (Wildman–Crippen MR) is 116 cm³/mol. The van der Waals surface area contributed by atoms with E-state index in [0.717, 1.165) is 43.9 Å². The molecule has 0 bridgehead atoms. The molecule has 0 spiro atoms. The minimum absolute atomic E-state index is 0. The van der Waals surface area contributed by atoms with Crippen molar-refractivity contribution < 1.29 is 9.47 Å². The van der Waals surface area contributed by atoms with E-state index in [1.54, 1.807) is 7.11 Å². The quantitative estimate of drug-likeness (QED) is 0.377. The van der Waals surface area contributed by atoms with E-state index in [4.69, 9.17) is 20.2 Å². The Hall–Kier alpha value is -0.900. The van der Waals surface area contributed by atoms with Crippen molar-refractivity contribution >= 4 is 35.6 Å². The molecule has 0 aliphatic carbocycles. The van der Waals surface area contributed by atoms with Gasteiger partial charge in [0.15, 0.2) is 5.96 Å². The number of nitrogens with zero attached hydrogens (tertiary/aromatic N) is 2. The molecule has 6 nitrogen and oxygen atoms in total. The molecular formula is C19H31IN4O2. The number of ether oxygens (including phenoxy) is 2. The molecular weight excluding hydrogens is 443 g/mol. The van der Waals surface area contributed by atoms with Gasteiger partial charge in [-0.1, -0.05) is 18.2 Å². The number of hydrogen-bond donors (Lipinski definition) is 2. The predicted octanol–water partition coefficient (Wildman–Crippen LogP) is 2.82. The minimum atomic E-state index is 0. The fourth-order valence-electron chi connectivity index (χ4n) is 3.85. The third-order valence-electron chi connectivity index (χ3n) is 5.32. The zero-order chi connectivity index (χ0) is 17.5. The van der Waals surface area contributed by atoms with E-state index in [9.17, 15) is 0 Å². The van der Waals surface area contributed by atoms with Crippen molar-refractivity contribution in [1.29, 1.82) is 0 Å². The van der Waals surface area contributed by atoms with Crippen molar-refractivity contribution in [2.45, 2.75) is 37.8 Å². The van der Waals surface area contributed by atoms with Crippen LogP contribution in [-0.2, 0) is 16.1 Å². The van der Waals surface area contributed by atoms with Crippen LogP contribution in [0.5, 0.6) is 0 Å². The summed E-state index contributed by atoms with van der Waals surface area (Å²) in [6, 6.07) is 8.01. The van der Waals surface area contributed by atoms with E-state index in [0.29, 0.717) is 12.6 Å². The topological polar surface area (TPSA) is 72.1 Å². The molecule has 146 valence electrons. The average molecular weight is 474 g/mol. The van der Waals surface area contributed by atoms with Gasteiger partial charge in [0.2, 0.25) is 0 Å². The Bertz CT molecular complexity index is 585. The van der Waals surface area contributed by atoms with Crippen molar-refractivity contribution in [1.82, 2.24) is 4.90 Å². The summed E-state index contributed by atoms with van der Waals surface area (Å²) >= 11 is 0. The van der Waals surface area contributed by atoms with E-state index in [1.165, 1.54) is 25.9 Å². The van der Waals surface area contributed by atoms with E-state index in [-0.39, 0.29) is 29.5 Å². The van der Waals surface area contributed by atoms with Crippen LogP contribution in [-0.4, -0.2) is 56.4 Å². The van der Waals surface area contributed by atoms with Gasteiger partial charge in [0.25, 0.3) is 0 Å². The van der Waals surface area contributed by atoms with Gasteiger partial charge >= 0.3 is 0 Å². The summed E-state index contributed by atoms with van der Waals surface area (Å²) in [5.41, 5.74) is 8.32. The fourth-order valence-corrected chi connectivity index (χ4v) is 3.85. The van der Waals surface area contributed by atoms with Crippen LogP contribution in [0.2, 0.25) is 0 Å². The molecule has 1 aromatic carbocycles. The van der Waals surface area contributed by atoms with Crippen molar-refractivity contribution in [3.8, 4) is 0 Å². The maximum Gasteiger partial charge on any atom is 0.193 e. The zero-order valence-electron chi connectivity index (χ0n) is 15.6. The molecule has 0 radical (unpaired) electrons. The number of para-hydroxylation sites is 1. The normalized spacial score (nSPS) is 20.6. The molecule has 0 saturated carbocycles. The van der Waals surface area contributed by atoms with E-state index in [1.807, 2.05) is 24.3 Å². The van der Waals surface area contributed by atoms with Crippen LogP contribution < -0.4 is 11.1 Å². The first kappa shape index (κ1) is 21.4. The first-order valence-corrected chi connectivity index (χ1v) is 9.20. The highest BCUT2D eigenvalue weighted by molar-refractivity contribution is 14.0. The molecule has 3 N–H and O–H groups in total. The lowest BCUT2D eigenvalue weighted by atomic mass is 9.88. The summed E-state index contributed by atoms with van der Waals surface area (Å²) in [6.07, 6.45) is 4.63. The summed E-state index contributed by atoms with van der Waals surface area (Å²) in [4.78, 5) is 7.31. The molecule has 2 fully saturated rings. The Morgan fingerprint density at radius 3 is 2.65 bits per heavy atom. The average Bonchev–Trinajstić information content (AvgIpc) is 3.18. The second-order valence-corrected chi connectivity index (χ2v) is 6.95. The van der Waals surface area contributed by atoms with Gasteiger partial charge in [-0.25, -0.2) is 0 Å². The number of hydrogen-bond acceptors (Lipinski definition) is 4. The second kappa shape index (κ2) is 10.4. The van der Waals surface area contributed by atoms with Gasteiger partial charge in [-0.15, -0.1) is 24.0 Å². The van der Waals surface area contributed by atoms with Crippen molar-refractivity contribution in [2.24, 2.45) is 10.7 Å². The fraction of sp³-hybridized carbons (Fsp3) is 0.632. The van der Waals surface area contributed by atoms with Crippen molar-refractivity contribution in [2.75, 3.05) is 45.3 Å². The highest BCUT2D eigenvalue weighted by Crippen LogP contribution is 2.31. The van der Waals surface area contributed by atoms with Crippen LogP contribution in [0.25, 0.3) is 0 Å². The summed E-state index contributed by atoms with van der Waals surface area (Å²) in [5.74, 6) is 0.466. The van der Waals surface area contributed by atoms with Crippen LogP contribution in [0, 0.1) is 0 Å². The molecule has 2 saturated heterocycles. The lowest BCUT2D eigenvalue weighted by Crippen LogP contribution is -2.53. The summed E-state index contributed by atoms with van der Waals surface area (Å²) < 4.78 is 10.8. The maximum absolute atomic E-state index is 6.19. The molecule has 1 aromatic rings. The van der Waals surface area contributed by atoms with Crippen molar-refractivity contribution in [3.63, 3.8) is 0 Å². The Labute approximate surface area is 173 Å². The van der Waals surface area contributed by atoms with Crippen LogP contribution >= 0.6 is 24.0 Å². The third kappa shape index (κ3) is 5.31. The van der Waals surface area contributed by atoms with Crippen LogP contribution in [0.4, 0.5) is 5.69 Å². The summed E-state index contributed by atoms with van der Waals surface area (Å²) in [6.45, 7) is 5.23. The molecule has 0 aromatic heterocycles. The number of guanidine groups is 1. The maximum atomic E-state index is 6.19. The van der Waals surface area contributed by atoms with Crippen LogP contribution in [0.3, 0.4) is 0 Å². The van der Waals surface area contributed by atoms with E-state index in [2.05, 4.69) is 10.2 Å². The third-order valence-corrected chi connectivity index (χ3v) is 5.32. The molecule has 0 unspecified atom stereocenters. The Balaban J connectivity index is 0.00000243. The van der Waals surface area contributed by atoms with Gasteiger partial charge in [-0.05, 0) is 44.8 Å². The van der Waals surface area contributed by atoms with Gasteiger partial charge < -0.3 is 20.5 Å².